The molecule has 21 heavy (non-hydrogen) atoms. The van der Waals surface area contributed by atoms with Crippen molar-refractivity contribution in [1.29, 1.82) is 0 Å². The Labute approximate surface area is 126 Å². The molecule has 0 aliphatic rings. The van der Waals surface area contributed by atoms with Crippen molar-refractivity contribution in [3.8, 4) is 5.75 Å². The molecule has 0 aliphatic heterocycles. The van der Waals surface area contributed by atoms with Crippen molar-refractivity contribution in [2.75, 3.05) is 19.8 Å². The van der Waals surface area contributed by atoms with Crippen LogP contribution >= 0.6 is 0 Å². The molecule has 0 bridgehead atoms. The molecule has 2 aromatic rings. The first-order valence-electron chi connectivity index (χ1n) is 7.23. The van der Waals surface area contributed by atoms with Gasteiger partial charge in [-0.15, -0.1) is 0 Å². The average Bonchev–Trinajstić information content (AvgIpc) is 2.52. The molecular formula is C18H22NO2+. The molecule has 110 valence electrons. The minimum absolute atomic E-state index is 0.586. The number of rotatable bonds is 7. The molecule has 0 radical (unpaired) electrons. The van der Waals surface area contributed by atoms with Gasteiger partial charge in [0, 0.05) is 24.8 Å². The Bertz CT molecular complexity index is 576. The normalized spacial score (nSPS) is 11.0. The lowest BCUT2D eigenvalue weighted by molar-refractivity contribution is -0.673. The van der Waals surface area contributed by atoms with Gasteiger partial charge in [-0.3, -0.25) is 0 Å². The first kappa shape index (κ1) is 15.3. The molecule has 0 saturated heterocycles. The number of hydrogen-bond donors (Lipinski definition) is 0. The van der Waals surface area contributed by atoms with Crippen LogP contribution in [0.25, 0.3) is 12.2 Å². The lowest BCUT2D eigenvalue weighted by Gasteiger charge is -2.06. The van der Waals surface area contributed by atoms with Gasteiger partial charge in [0.2, 0.25) is 5.69 Å². The first-order valence-corrected chi connectivity index (χ1v) is 7.23. The fourth-order valence-electron chi connectivity index (χ4n) is 1.93. The van der Waals surface area contributed by atoms with Gasteiger partial charge < -0.3 is 9.47 Å². The molecule has 1 heterocycles. The lowest BCUT2D eigenvalue weighted by atomic mass is 10.2. The summed E-state index contributed by atoms with van der Waals surface area (Å²) in [7, 11) is 2.04. The fourth-order valence-corrected chi connectivity index (χ4v) is 1.93. The molecule has 1 aromatic heterocycles. The number of aryl methyl sites for hydroxylation is 1. The highest BCUT2D eigenvalue weighted by atomic mass is 16.5. The third kappa shape index (κ3) is 5.04. The topological polar surface area (TPSA) is 22.3 Å². The minimum Gasteiger partial charge on any atom is -0.491 e. The number of benzene rings is 1. The van der Waals surface area contributed by atoms with E-state index in [1.165, 1.54) is 0 Å². The molecule has 2 rings (SSSR count). The maximum atomic E-state index is 5.59. The van der Waals surface area contributed by atoms with Gasteiger partial charge in [0.15, 0.2) is 6.20 Å². The standard InChI is InChI=1S/C18H22NO2/c1-3-20-14-15-21-18-11-8-16(9-12-18)7-10-17-6-4-5-13-19(17)2/h4-13H,3,14-15H2,1-2H3/q+1/b10-7+. The van der Waals surface area contributed by atoms with Crippen LogP contribution in [0.15, 0.2) is 48.7 Å². The van der Waals surface area contributed by atoms with Gasteiger partial charge in [0.1, 0.15) is 19.4 Å². The van der Waals surface area contributed by atoms with Gasteiger partial charge in [-0.25, -0.2) is 4.57 Å². The summed E-state index contributed by atoms with van der Waals surface area (Å²) in [5, 5.41) is 0. The molecule has 0 atom stereocenters. The Balaban J connectivity index is 1.92. The first-order chi connectivity index (χ1) is 10.3. The van der Waals surface area contributed by atoms with E-state index in [1.54, 1.807) is 0 Å². The van der Waals surface area contributed by atoms with E-state index >= 15 is 0 Å². The molecular weight excluding hydrogens is 262 g/mol. The zero-order valence-electron chi connectivity index (χ0n) is 12.7. The van der Waals surface area contributed by atoms with Crippen LogP contribution in [0.4, 0.5) is 0 Å². The van der Waals surface area contributed by atoms with Crippen molar-refractivity contribution < 1.29 is 14.0 Å². The second-order valence-electron chi connectivity index (χ2n) is 4.68. The van der Waals surface area contributed by atoms with Crippen molar-refractivity contribution in [2.45, 2.75) is 6.92 Å². The Kier molecular flexibility index (Phi) is 5.98. The molecule has 3 heteroatoms. The molecule has 0 aliphatic carbocycles. The van der Waals surface area contributed by atoms with E-state index in [-0.39, 0.29) is 0 Å². The molecule has 0 fully saturated rings. The van der Waals surface area contributed by atoms with Crippen molar-refractivity contribution in [1.82, 2.24) is 0 Å². The minimum atomic E-state index is 0.586. The van der Waals surface area contributed by atoms with Crippen molar-refractivity contribution in [3.05, 3.63) is 59.9 Å². The highest BCUT2D eigenvalue weighted by molar-refractivity contribution is 5.67. The van der Waals surface area contributed by atoms with Crippen LogP contribution in [0, 0.1) is 0 Å². The van der Waals surface area contributed by atoms with E-state index in [0.717, 1.165) is 23.6 Å². The van der Waals surface area contributed by atoms with Crippen molar-refractivity contribution in [2.24, 2.45) is 7.05 Å². The largest absolute Gasteiger partial charge is 0.491 e. The van der Waals surface area contributed by atoms with E-state index in [1.807, 2.05) is 44.4 Å². The Morgan fingerprint density at radius 1 is 1.00 bits per heavy atom. The maximum Gasteiger partial charge on any atom is 0.204 e. The molecule has 0 saturated carbocycles. The van der Waals surface area contributed by atoms with Crippen LogP contribution < -0.4 is 9.30 Å². The lowest BCUT2D eigenvalue weighted by Crippen LogP contribution is -2.30. The van der Waals surface area contributed by atoms with Crippen LogP contribution in [-0.4, -0.2) is 19.8 Å². The quantitative estimate of drug-likeness (QED) is 0.576. The Morgan fingerprint density at radius 2 is 1.81 bits per heavy atom. The molecule has 1 aromatic carbocycles. The van der Waals surface area contributed by atoms with E-state index in [2.05, 4.69) is 34.9 Å². The van der Waals surface area contributed by atoms with Crippen LogP contribution in [0.3, 0.4) is 0 Å². The van der Waals surface area contributed by atoms with Gasteiger partial charge in [-0.05, 0) is 36.8 Å². The number of pyridine rings is 1. The predicted molar refractivity (Wildman–Crippen MR) is 85.0 cm³/mol. The van der Waals surface area contributed by atoms with E-state index < -0.39 is 0 Å². The number of nitrogens with zero attached hydrogens (tertiary/aromatic N) is 1. The number of aromatic nitrogens is 1. The SMILES string of the molecule is CCOCCOc1ccc(/C=C/c2cccc[n+]2C)cc1. The summed E-state index contributed by atoms with van der Waals surface area (Å²) in [6.07, 6.45) is 6.24. The smallest absolute Gasteiger partial charge is 0.204 e. The second kappa shape index (κ2) is 8.22. The zero-order chi connectivity index (χ0) is 14.9. The zero-order valence-corrected chi connectivity index (χ0v) is 12.7. The highest BCUT2D eigenvalue weighted by Crippen LogP contribution is 2.14. The highest BCUT2D eigenvalue weighted by Gasteiger charge is 1.99. The summed E-state index contributed by atoms with van der Waals surface area (Å²) < 4.78 is 12.9. The molecule has 0 N–H and O–H groups in total. The summed E-state index contributed by atoms with van der Waals surface area (Å²) in [5.41, 5.74) is 2.31. The van der Waals surface area contributed by atoms with E-state index in [0.29, 0.717) is 13.2 Å². The molecule has 0 unspecified atom stereocenters. The molecule has 3 nitrogen and oxygen atoms in total. The summed E-state index contributed by atoms with van der Waals surface area (Å²) in [6.45, 7) is 3.92. The Hall–Kier alpha value is -2.13. The van der Waals surface area contributed by atoms with Gasteiger partial charge >= 0.3 is 0 Å². The monoisotopic (exact) mass is 284 g/mol. The van der Waals surface area contributed by atoms with Gasteiger partial charge in [-0.2, -0.15) is 0 Å². The average molecular weight is 284 g/mol. The summed E-state index contributed by atoms with van der Waals surface area (Å²) in [4.78, 5) is 0. The number of ether oxygens (including phenoxy) is 2. The summed E-state index contributed by atoms with van der Waals surface area (Å²) >= 11 is 0. The van der Waals surface area contributed by atoms with E-state index in [4.69, 9.17) is 9.47 Å². The van der Waals surface area contributed by atoms with Crippen LogP contribution in [0.1, 0.15) is 18.2 Å². The van der Waals surface area contributed by atoms with Gasteiger partial charge in [0.05, 0.1) is 6.61 Å². The van der Waals surface area contributed by atoms with Crippen LogP contribution in [0.2, 0.25) is 0 Å². The third-order valence-electron chi connectivity index (χ3n) is 3.12. The molecule has 0 spiro atoms. The number of hydrogen-bond acceptors (Lipinski definition) is 2. The summed E-state index contributed by atoms with van der Waals surface area (Å²) in [5.74, 6) is 0.872. The third-order valence-corrected chi connectivity index (χ3v) is 3.12. The second-order valence-corrected chi connectivity index (χ2v) is 4.68. The van der Waals surface area contributed by atoms with Crippen molar-refractivity contribution in [3.63, 3.8) is 0 Å². The Morgan fingerprint density at radius 3 is 2.52 bits per heavy atom. The van der Waals surface area contributed by atoms with E-state index in [9.17, 15) is 0 Å². The van der Waals surface area contributed by atoms with Gasteiger partial charge in [0.25, 0.3) is 0 Å². The predicted octanol–water partition coefficient (Wildman–Crippen LogP) is 3.10. The molecule has 0 amide bonds. The maximum absolute atomic E-state index is 5.59. The summed E-state index contributed by atoms with van der Waals surface area (Å²) in [6, 6.07) is 14.2. The van der Waals surface area contributed by atoms with Crippen LogP contribution in [-0.2, 0) is 11.8 Å². The van der Waals surface area contributed by atoms with Crippen molar-refractivity contribution >= 4 is 12.2 Å². The fraction of sp³-hybridized carbons (Fsp3) is 0.278. The van der Waals surface area contributed by atoms with Gasteiger partial charge in [-0.1, -0.05) is 12.1 Å². The van der Waals surface area contributed by atoms with Crippen LogP contribution in [0.5, 0.6) is 5.75 Å².